The minimum atomic E-state index is -2.93. The number of hydrogen-bond donors (Lipinski definition) is 0. The van der Waals surface area contributed by atoms with Crippen LogP contribution in [0, 0.1) is 41.5 Å². The maximum absolute atomic E-state index is 5.96. The molecule has 0 saturated heterocycles. The zero-order valence-corrected chi connectivity index (χ0v) is 27.8. The number of benzene rings is 3. The number of methoxy groups -OCH3 is 3. The van der Waals surface area contributed by atoms with Crippen LogP contribution in [0.15, 0.2) is 58.7 Å². The molecule has 0 saturated carbocycles. The van der Waals surface area contributed by atoms with Crippen LogP contribution in [0.5, 0.6) is 17.2 Å². The Balaban J connectivity index is 2.42. The smallest absolute Gasteiger partial charge is 0.160 e. The van der Waals surface area contributed by atoms with E-state index >= 15 is 0 Å². The summed E-state index contributed by atoms with van der Waals surface area (Å²) in [6.45, 7) is 22.8. The van der Waals surface area contributed by atoms with Crippen LogP contribution in [0.3, 0.4) is 0 Å². The third kappa shape index (κ3) is 4.41. The third-order valence-corrected chi connectivity index (χ3v) is 15.8. The van der Waals surface area contributed by atoms with Gasteiger partial charge in [0.1, 0.15) is 17.2 Å². The Morgan fingerprint density at radius 1 is 0.450 bits per heavy atom. The standard InChI is InChI=1S/C36H46O3Si/c1-20-14-30(37-11)17-33(23(20)4)40(36-28(9)26(7)27(8)29(36)10,34-18-31(38-12)15-21(2)24(34)5)35-19-32(39-13)16-22(3)25(35)6/h14-19,36H,1-13H3. The summed E-state index contributed by atoms with van der Waals surface area (Å²) >= 11 is 0. The van der Waals surface area contributed by atoms with Gasteiger partial charge in [0.05, 0.1) is 21.3 Å². The Hall–Kier alpha value is -3.24. The molecule has 0 heterocycles. The minimum absolute atomic E-state index is 0.230. The van der Waals surface area contributed by atoms with Crippen molar-refractivity contribution in [1.29, 1.82) is 0 Å². The molecule has 0 atom stereocenters. The van der Waals surface area contributed by atoms with E-state index in [1.165, 1.54) is 71.2 Å². The average molecular weight is 555 g/mol. The maximum atomic E-state index is 5.96. The highest BCUT2D eigenvalue weighted by Crippen LogP contribution is 2.48. The fourth-order valence-electron chi connectivity index (χ4n) is 6.96. The van der Waals surface area contributed by atoms with Gasteiger partial charge in [0.25, 0.3) is 0 Å². The number of hydrogen-bond acceptors (Lipinski definition) is 3. The van der Waals surface area contributed by atoms with Gasteiger partial charge in [-0.15, -0.1) is 0 Å². The molecule has 3 aromatic rings. The monoisotopic (exact) mass is 554 g/mol. The molecule has 0 aromatic heterocycles. The summed E-state index contributed by atoms with van der Waals surface area (Å²) in [7, 11) is 2.40. The van der Waals surface area contributed by atoms with Crippen LogP contribution in [-0.2, 0) is 0 Å². The highest BCUT2D eigenvalue weighted by Gasteiger charge is 2.53. The molecule has 0 fully saturated rings. The Bertz CT molecular complexity index is 1390. The van der Waals surface area contributed by atoms with Gasteiger partial charge in [-0.3, -0.25) is 0 Å². The molecule has 0 bridgehead atoms. The van der Waals surface area contributed by atoms with Gasteiger partial charge in [-0.25, -0.2) is 0 Å². The molecule has 4 rings (SSSR count). The maximum Gasteiger partial charge on any atom is 0.160 e. The van der Waals surface area contributed by atoms with Crippen molar-refractivity contribution in [3.8, 4) is 17.2 Å². The van der Waals surface area contributed by atoms with Gasteiger partial charge in [0.2, 0.25) is 0 Å². The van der Waals surface area contributed by atoms with Crippen LogP contribution < -0.4 is 29.8 Å². The summed E-state index contributed by atoms with van der Waals surface area (Å²) in [5.74, 6) is 2.71. The molecule has 0 N–H and O–H groups in total. The van der Waals surface area contributed by atoms with E-state index in [9.17, 15) is 0 Å². The van der Waals surface area contributed by atoms with E-state index in [1.54, 1.807) is 21.3 Å². The van der Waals surface area contributed by atoms with Gasteiger partial charge in [0.15, 0.2) is 8.07 Å². The Morgan fingerprint density at radius 2 is 0.725 bits per heavy atom. The SMILES string of the molecule is COc1cc(C)c(C)c([Si](c2cc(OC)cc(C)c2C)(c2cc(OC)cc(C)c2C)C2C(C)=C(C)C(C)=C2C)c1. The molecule has 3 nitrogen and oxygen atoms in total. The number of ether oxygens (including phenoxy) is 3. The first-order chi connectivity index (χ1) is 18.8. The molecule has 212 valence electrons. The Labute approximate surface area is 242 Å². The molecule has 0 amide bonds. The summed E-state index contributed by atoms with van der Waals surface area (Å²) in [5, 5.41) is 4.17. The van der Waals surface area contributed by atoms with E-state index in [1.807, 2.05) is 0 Å². The van der Waals surface area contributed by atoms with Crippen molar-refractivity contribution in [2.75, 3.05) is 21.3 Å². The molecular formula is C36H46O3Si. The van der Waals surface area contributed by atoms with Crippen molar-refractivity contribution in [2.24, 2.45) is 0 Å². The normalized spacial score (nSPS) is 14.3. The topological polar surface area (TPSA) is 27.7 Å². The zero-order chi connectivity index (χ0) is 29.7. The highest BCUT2D eigenvalue weighted by molar-refractivity contribution is 7.14. The molecule has 3 aromatic carbocycles. The number of rotatable bonds is 7. The van der Waals surface area contributed by atoms with Gasteiger partial charge >= 0.3 is 0 Å². The Kier molecular flexibility index (Phi) is 8.15. The zero-order valence-electron chi connectivity index (χ0n) is 26.8. The molecule has 4 heteroatoms. The first-order valence-electron chi connectivity index (χ1n) is 14.2. The van der Waals surface area contributed by atoms with E-state index in [-0.39, 0.29) is 5.54 Å². The summed E-state index contributed by atoms with van der Waals surface area (Å²) in [4.78, 5) is 0. The van der Waals surface area contributed by atoms with Crippen molar-refractivity contribution in [2.45, 2.75) is 74.8 Å². The predicted octanol–water partition coefficient (Wildman–Crippen LogP) is 7.09. The molecule has 0 radical (unpaired) electrons. The van der Waals surface area contributed by atoms with Crippen LogP contribution in [0.4, 0.5) is 0 Å². The van der Waals surface area contributed by atoms with Crippen LogP contribution >= 0.6 is 0 Å². The van der Waals surface area contributed by atoms with Crippen molar-refractivity contribution < 1.29 is 14.2 Å². The second kappa shape index (κ2) is 11.0. The second-order valence-corrected chi connectivity index (χ2v) is 15.5. The van der Waals surface area contributed by atoms with Gasteiger partial charge < -0.3 is 14.2 Å². The fourth-order valence-corrected chi connectivity index (χ4v) is 14.0. The lowest BCUT2D eigenvalue weighted by atomic mass is 10.1. The first kappa shape index (κ1) is 29.7. The lowest BCUT2D eigenvalue weighted by molar-refractivity contribution is 0.414. The lowest BCUT2D eigenvalue weighted by Crippen LogP contribution is -2.72. The van der Waals surface area contributed by atoms with Gasteiger partial charge in [0, 0.05) is 5.54 Å². The van der Waals surface area contributed by atoms with Crippen LogP contribution in [0.25, 0.3) is 0 Å². The Morgan fingerprint density at radius 3 is 0.975 bits per heavy atom. The van der Waals surface area contributed by atoms with E-state index in [2.05, 4.69) is 106 Å². The molecule has 1 aliphatic rings. The molecular weight excluding hydrogens is 508 g/mol. The van der Waals surface area contributed by atoms with Crippen LogP contribution in [0.2, 0.25) is 5.54 Å². The minimum Gasteiger partial charge on any atom is -0.497 e. The predicted molar refractivity (Wildman–Crippen MR) is 173 cm³/mol. The third-order valence-electron chi connectivity index (χ3n) is 9.95. The van der Waals surface area contributed by atoms with Crippen molar-refractivity contribution >= 4 is 23.6 Å². The summed E-state index contributed by atoms with van der Waals surface area (Å²) < 4.78 is 17.9. The molecule has 0 aliphatic heterocycles. The van der Waals surface area contributed by atoms with Gasteiger partial charge in [-0.05, 0) is 166 Å². The van der Waals surface area contributed by atoms with Gasteiger partial charge in [-0.1, -0.05) is 11.1 Å². The molecule has 0 unspecified atom stereocenters. The molecule has 0 spiro atoms. The first-order valence-corrected chi connectivity index (χ1v) is 16.2. The van der Waals surface area contributed by atoms with Crippen molar-refractivity contribution in [3.05, 3.63) is 92.1 Å². The summed E-state index contributed by atoms with van der Waals surface area (Å²) in [5.41, 5.74) is 13.7. The summed E-state index contributed by atoms with van der Waals surface area (Å²) in [6.07, 6.45) is 0. The lowest BCUT2D eigenvalue weighted by Gasteiger charge is -2.44. The van der Waals surface area contributed by atoms with E-state index < -0.39 is 8.07 Å². The van der Waals surface area contributed by atoms with Gasteiger partial charge in [-0.2, -0.15) is 0 Å². The van der Waals surface area contributed by atoms with E-state index in [4.69, 9.17) is 14.2 Å². The van der Waals surface area contributed by atoms with Crippen LogP contribution in [-0.4, -0.2) is 29.4 Å². The fraction of sp³-hybridized carbons (Fsp3) is 0.389. The highest BCUT2D eigenvalue weighted by atomic mass is 28.3. The van der Waals surface area contributed by atoms with Crippen molar-refractivity contribution in [1.82, 2.24) is 0 Å². The largest absolute Gasteiger partial charge is 0.497 e. The number of allylic oxidation sites excluding steroid dienone is 4. The summed E-state index contributed by atoms with van der Waals surface area (Å²) in [6, 6.07) is 13.5. The molecule has 1 aliphatic carbocycles. The average Bonchev–Trinajstić information content (AvgIpc) is 3.13. The van der Waals surface area contributed by atoms with Crippen LogP contribution in [0.1, 0.15) is 61.1 Å². The number of aryl methyl sites for hydroxylation is 3. The molecule has 40 heavy (non-hydrogen) atoms. The van der Waals surface area contributed by atoms with Crippen molar-refractivity contribution in [3.63, 3.8) is 0 Å². The van der Waals surface area contributed by atoms with E-state index in [0.29, 0.717) is 0 Å². The second-order valence-electron chi connectivity index (χ2n) is 11.7. The van der Waals surface area contributed by atoms with E-state index in [0.717, 1.165) is 17.2 Å². The quantitative estimate of drug-likeness (QED) is 0.231.